The van der Waals surface area contributed by atoms with Gasteiger partial charge in [-0.15, -0.1) is 0 Å². The molecular formula is C16H21BrN2O. The summed E-state index contributed by atoms with van der Waals surface area (Å²) in [6, 6.07) is 8.40. The van der Waals surface area contributed by atoms with E-state index in [9.17, 15) is 4.79 Å². The van der Waals surface area contributed by atoms with Gasteiger partial charge in [0.15, 0.2) is 0 Å². The molecule has 0 radical (unpaired) electrons. The predicted octanol–water partition coefficient (Wildman–Crippen LogP) is 2.87. The van der Waals surface area contributed by atoms with Crippen LogP contribution in [0.1, 0.15) is 44.1 Å². The van der Waals surface area contributed by atoms with Crippen molar-refractivity contribution in [3.05, 3.63) is 34.3 Å². The van der Waals surface area contributed by atoms with Crippen LogP contribution in [0.5, 0.6) is 0 Å². The standard InChI is InChI=1S/C16H21BrN2O/c17-13-5-3-4-12(10-13)15(8-9-15)11-19-14(20)16(18)6-1-2-7-16/h3-5,10H,1-2,6-9,11,18H2,(H,19,20). The molecule has 108 valence electrons. The van der Waals surface area contributed by atoms with Gasteiger partial charge in [-0.1, -0.05) is 40.9 Å². The van der Waals surface area contributed by atoms with Crippen LogP contribution in [0.2, 0.25) is 0 Å². The molecule has 0 heterocycles. The quantitative estimate of drug-likeness (QED) is 0.888. The number of nitrogens with two attached hydrogens (primary N) is 1. The monoisotopic (exact) mass is 336 g/mol. The molecule has 2 aliphatic carbocycles. The van der Waals surface area contributed by atoms with Crippen LogP contribution in [0.15, 0.2) is 28.7 Å². The number of benzene rings is 1. The summed E-state index contributed by atoms with van der Waals surface area (Å²) < 4.78 is 1.10. The van der Waals surface area contributed by atoms with Crippen molar-refractivity contribution in [1.82, 2.24) is 5.32 Å². The molecule has 3 nitrogen and oxygen atoms in total. The molecule has 0 unspecified atom stereocenters. The van der Waals surface area contributed by atoms with Crippen molar-refractivity contribution in [3.63, 3.8) is 0 Å². The van der Waals surface area contributed by atoms with Gasteiger partial charge in [-0.05, 0) is 43.4 Å². The highest BCUT2D eigenvalue weighted by Gasteiger charge is 2.46. The van der Waals surface area contributed by atoms with Crippen LogP contribution in [0, 0.1) is 0 Å². The van der Waals surface area contributed by atoms with Crippen molar-refractivity contribution in [2.45, 2.75) is 49.5 Å². The fourth-order valence-corrected chi connectivity index (χ4v) is 3.59. The number of hydrogen-bond acceptors (Lipinski definition) is 2. The van der Waals surface area contributed by atoms with Crippen LogP contribution in [0.4, 0.5) is 0 Å². The minimum atomic E-state index is -0.618. The van der Waals surface area contributed by atoms with Gasteiger partial charge in [0.1, 0.15) is 0 Å². The second kappa shape index (κ2) is 5.15. The molecule has 1 aromatic carbocycles. The van der Waals surface area contributed by atoms with E-state index in [1.54, 1.807) is 0 Å². The van der Waals surface area contributed by atoms with Gasteiger partial charge in [0.05, 0.1) is 5.54 Å². The Morgan fingerprint density at radius 2 is 1.95 bits per heavy atom. The van der Waals surface area contributed by atoms with E-state index in [0.717, 1.165) is 43.0 Å². The third kappa shape index (κ3) is 2.63. The number of amides is 1. The molecule has 1 aromatic rings. The summed E-state index contributed by atoms with van der Waals surface area (Å²) in [6.07, 6.45) is 6.06. The highest BCUT2D eigenvalue weighted by Crippen LogP contribution is 2.48. The molecule has 1 amide bonds. The fourth-order valence-electron chi connectivity index (χ4n) is 3.20. The predicted molar refractivity (Wildman–Crippen MR) is 83.5 cm³/mol. The van der Waals surface area contributed by atoms with Crippen LogP contribution in [-0.2, 0) is 10.2 Å². The number of hydrogen-bond donors (Lipinski definition) is 2. The van der Waals surface area contributed by atoms with Crippen molar-refractivity contribution < 1.29 is 4.79 Å². The lowest BCUT2D eigenvalue weighted by Crippen LogP contribution is -2.53. The van der Waals surface area contributed by atoms with Gasteiger partial charge in [0.25, 0.3) is 0 Å². The third-order valence-electron chi connectivity index (χ3n) is 4.83. The van der Waals surface area contributed by atoms with Crippen LogP contribution in [0.3, 0.4) is 0 Å². The first-order valence-electron chi connectivity index (χ1n) is 7.37. The van der Waals surface area contributed by atoms with Crippen molar-refractivity contribution in [2.75, 3.05) is 6.54 Å². The molecule has 0 saturated heterocycles. The molecule has 0 bridgehead atoms. The van der Waals surface area contributed by atoms with Crippen molar-refractivity contribution in [2.24, 2.45) is 5.73 Å². The van der Waals surface area contributed by atoms with E-state index in [0.29, 0.717) is 6.54 Å². The summed E-state index contributed by atoms with van der Waals surface area (Å²) in [5.41, 5.74) is 7.02. The maximum Gasteiger partial charge on any atom is 0.240 e. The smallest absolute Gasteiger partial charge is 0.240 e. The van der Waals surface area contributed by atoms with Crippen molar-refractivity contribution in [1.29, 1.82) is 0 Å². The molecule has 3 rings (SSSR count). The van der Waals surface area contributed by atoms with E-state index in [1.165, 1.54) is 5.56 Å². The molecular weight excluding hydrogens is 316 g/mol. The summed E-state index contributed by atoms with van der Waals surface area (Å²) in [6.45, 7) is 0.710. The van der Waals surface area contributed by atoms with Gasteiger partial charge in [-0.2, -0.15) is 0 Å². The Morgan fingerprint density at radius 3 is 2.55 bits per heavy atom. The van der Waals surface area contributed by atoms with E-state index in [2.05, 4.69) is 39.4 Å². The van der Waals surface area contributed by atoms with Crippen LogP contribution in [-0.4, -0.2) is 18.0 Å². The molecule has 3 N–H and O–H groups in total. The highest BCUT2D eigenvalue weighted by atomic mass is 79.9. The van der Waals surface area contributed by atoms with E-state index in [-0.39, 0.29) is 11.3 Å². The number of halogens is 1. The van der Waals surface area contributed by atoms with E-state index >= 15 is 0 Å². The lowest BCUT2D eigenvalue weighted by Gasteiger charge is -2.25. The van der Waals surface area contributed by atoms with Crippen LogP contribution in [0.25, 0.3) is 0 Å². The number of rotatable bonds is 4. The first-order valence-corrected chi connectivity index (χ1v) is 8.17. The molecule has 0 spiro atoms. The number of carbonyl (C=O) groups excluding carboxylic acids is 1. The second-order valence-corrected chi connectivity index (χ2v) is 7.25. The molecule has 2 fully saturated rings. The normalized spacial score (nSPS) is 22.5. The van der Waals surface area contributed by atoms with Gasteiger partial charge in [-0.3, -0.25) is 4.79 Å². The molecule has 20 heavy (non-hydrogen) atoms. The Hall–Kier alpha value is -0.870. The zero-order chi connectivity index (χ0) is 14.2. The Morgan fingerprint density at radius 1 is 1.25 bits per heavy atom. The maximum atomic E-state index is 12.3. The van der Waals surface area contributed by atoms with E-state index in [4.69, 9.17) is 5.73 Å². The van der Waals surface area contributed by atoms with Crippen molar-refractivity contribution in [3.8, 4) is 0 Å². The zero-order valence-electron chi connectivity index (χ0n) is 11.6. The van der Waals surface area contributed by atoms with Crippen molar-refractivity contribution >= 4 is 21.8 Å². The Balaban J connectivity index is 1.65. The lowest BCUT2D eigenvalue weighted by atomic mass is 9.94. The number of carbonyl (C=O) groups is 1. The average molecular weight is 337 g/mol. The molecule has 0 aromatic heterocycles. The summed E-state index contributed by atoms with van der Waals surface area (Å²) in [7, 11) is 0. The van der Waals surface area contributed by atoms with E-state index in [1.807, 2.05) is 6.07 Å². The van der Waals surface area contributed by atoms with Gasteiger partial charge in [0.2, 0.25) is 5.91 Å². The molecule has 0 atom stereocenters. The SMILES string of the molecule is NC1(C(=O)NCC2(c3cccc(Br)c3)CC2)CCCC1. The van der Waals surface area contributed by atoms with Gasteiger partial charge in [-0.25, -0.2) is 0 Å². The van der Waals surface area contributed by atoms with Crippen LogP contribution >= 0.6 is 15.9 Å². The molecule has 2 aliphatic rings. The second-order valence-electron chi connectivity index (χ2n) is 6.34. The molecule has 2 saturated carbocycles. The number of nitrogens with one attached hydrogen (secondary N) is 1. The Kier molecular flexibility index (Phi) is 3.63. The van der Waals surface area contributed by atoms with Gasteiger partial charge in [0, 0.05) is 16.4 Å². The Labute approximate surface area is 128 Å². The highest BCUT2D eigenvalue weighted by molar-refractivity contribution is 9.10. The first-order chi connectivity index (χ1) is 9.54. The minimum Gasteiger partial charge on any atom is -0.354 e. The summed E-state index contributed by atoms with van der Waals surface area (Å²) >= 11 is 3.52. The Bertz CT molecular complexity index is 519. The summed E-state index contributed by atoms with van der Waals surface area (Å²) in [5, 5.41) is 3.11. The van der Waals surface area contributed by atoms with Gasteiger partial charge < -0.3 is 11.1 Å². The average Bonchev–Trinajstić information content (AvgIpc) is 3.11. The molecule has 4 heteroatoms. The fraction of sp³-hybridized carbons (Fsp3) is 0.562. The van der Waals surface area contributed by atoms with E-state index < -0.39 is 5.54 Å². The lowest BCUT2D eigenvalue weighted by molar-refractivity contribution is -0.126. The summed E-state index contributed by atoms with van der Waals surface area (Å²) in [4.78, 5) is 12.3. The maximum absolute atomic E-state index is 12.3. The summed E-state index contributed by atoms with van der Waals surface area (Å²) in [5.74, 6) is 0.0382. The molecule has 0 aliphatic heterocycles. The van der Waals surface area contributed by atoms with Crippen LogP contribution < -0.4 is 11.1 Å². The minimum absolute atomic E-state index is 0.0382. The van der Waals surface area contributed by atoms with Gasteiger partial charge >= 0.3 is 0 Å². The largest absolute Gasteiger partial charge is 0.354 e. The topological polar surface area (TPSA) is 55.1 Å². The third-order valence-corrected chi connectivity index (χ3v) is 5.32. The first kappa shape index (κ1) is 14.1. The zero-order valence-corrected chi connectivity index (χ0v) is 13.2.